The Morgan fingerprint density at radius 2 is 1.79 bits per heavy atom. The van der Waals surface area contributed by atoms with Gasteiger partial charge >= 0.3 is 0 Å². The van der Waals surface area contributed by atoms with E-state index in [1.165, 1.54) is 0 Å². The van der Waals surface area contributed by atoms with E-state index in [9.17, 15) is 0 Å². The minimum absolute atomic E-state index is 0.641. The number of benzene rings is 1. The molecule has 0 aliphatic carbocycles. The molecule has 0 spiro atoms. The molecule has 0 bridgehead atoms. The molecule has 0 saturated heterocycles. The molecule has 0 aliphatic heterocycles. The van der Waals surface area contributed by atoms with Gasteiger partial charge in [0.1, 0.15) is 12.1 Å². The zero-order valence-electron chi connectivity index (χ0n) is 10.7. The molecule has 5 nitrogen and oxygen atoms in total. The summed E-state index contributed by atoms with van der Waals surface area (Å²) in [5.74, 6) is 0.900. The topological polar surface area (TPSA) is 40.6 Å². The molecule has 3 rings (SSSR count). The predicted molar refractivity (Wildman–Crippen MR) is 75.6 cm³/mol. The fourth-order valence-electron chi connectivity index (χ4n) is 1.97. The molecular weight excluding hydrogens is 258 g/mol. The molecule has 6 heteroatoms. The first-order valence-electron chi connectivity index (χ1n) is 5.87. The molecule has 96 valence electrons. The highest BCUT2D eigenvalue weighted by Crippen LogP contribution is 2.20. The van der Waals surface area contributed by atoms with Gasteiger partial charge in [-0.2, -0.15) is 10.2 Å². The molecule has 2 heterocycles. The molecule has 1 aromatic carbocycles. The van der Waals surface area contributed by atoms with Crippen molar-refractivity contribution in [3.8, 4) is 17.1 Å². The van der Waals surface area contributed by atoms with Crippen molar-refractivity contribution in [1.82, 2.24) is 24.1 Å². The predicted octanol–water partition coefficient (Wildman–Crippen LogP) is 2.34. The Kier molecular flexibility index (Phi) is 2.79. The number of hydrogen-bond donors (Lipinski definition) is 0. The van der Waals surface area contributed by atoms with Gasteiger partial charge in [0.2, 0.25) is 4.77 Å². The van der Waals surface area contributed by atoms with Crippen molar-refractivity contribution < 1.29 is 0 Å². The lowest BCUT2D eigenvalue weighted by molar-refractivity contribution is 0.715. The first-order valence-corrected chi connectivity index (χ1v) is 6.28. The molecule has 0 unspecified atom stereocenters. The van der Waals surface area contributed by atoms with E-state index in [1.54, 1.807) is 15.7 Å². The van der Waals surface area contributed by atoms with E-state index in [0.29, 0.717) is 4.77 Å². The van der Waals surface area contributed by atoms with Crippen LogP contribution in [-0.4, -0.2) is 24.1 Å². The van der Waals surface area contributed by atoms with Crippen molar-refractivity contribution in [2.45, 2.75) is 0 Å². The van der Waals surface area contributed by atoms with Gasteiger partial charge in [-0.3, -0.25) is 9.25 Å². The van der Waals surface area contributed by atoms with Gasteiger partial charge in [0, 0.05) is 25.7 Å². The summed E-state index contributed by atoms with van der Waals surface area (Å²) in [5.41, 5.74) is 2.00. The molecular formula is C13H13N5S. The highest BCUT2D eigenvalue weighted by molar-refractivity contribution is 7.71. The molecule has 19 heavy (non-hydrogen) atoms. The first kappa shape index (κ1) is 11.9. The standard InChI is InChI=1S/C13H13N5S/c1-16-12(18-9-14-17(2)13(18)19)8-11(15-16)10-6-4-3-5-7-10/h3-9H,1-2H3. The molecule has 0 fully saturated rings. The SMILES string of the molecule is Cn1nc(-c2ccccc2)cc1-n1cnn(C)c1=S. The third-order valence-corrected chi connectivity index (χ3v) is 3.46. The highest BCUT2D eigenvalue weighted by atomic mass is 32.1. The summed E-state index contributed by atoms with van der Waals surface area (Å²) in [6, 6.07) is 12.1. The van der Waals surface area contributed by atoms with Gasteiger partial charge in [0.15, 0.2) is 0 Å². The van der Waals surface area contributed by atoms with Crippen LogP contribution in [0.4, 0.5) is 0 Å². The molecule has 0 atom stereocenters. The smallest absolute Gasteiger partial charge is 0.203 e. The van der Waals surface area contributed by atoms with Crippen LogP contribution in [0.3, 0.4) is 0 Å². The van der Waals surface area contributed by atoms with E-state index in [1.807, 2.05) is 55.1 Å². The van der Waals surface area contributed by atoms with Crippen LogP contribution in [0.1, 0.15) is 0 Å². The largest absolute Gasteiger partial charge is 0.258 e. The molecule has 0 radical (unpaired) electrons. The average molecular weight is 271 g/mol. The maximum atomic E-state index is 5.32. The lowest BCUT2D eigenvalue weighted by Crippen LogP contribution is -2.02. The van der Waals surface area contributed by atoms with Crippen LogP contribution in [0.15, 0.2) is 42.7 Å². The van der Waals surface area contributed by atoms with Crippen LogP contribution in [0.2, 0.25) is 0 Å². The Labute approximate surface area is 115 Å². The van der Waals surface area contributed by atoms with E-state index in [4.69, 9.17) is 12.2 Å². The van der Waals surface area contributed by atoms with E-state index in [0.717, 1.165) is 17.1 Å². The number of nitrogens with zero attached hydrogens (tertiary/aromatic N) is 5. The fraction of sp³-hybridized carbons (Fsp3) is 0.154. The fourth-order valence-corrected chi connectivity index (χ4v) is 2.16. The quantitative estimate of drug-likeness (QED) is 0.672. The van der Waals surface area contributed by atoms with Crippen molar-refractivity contribution in [3.63, 3.8) is 0 Å². The van der Waals surface area contributed by atoms with Gasteiger partial charge in [-0.1, -0.05) is 30.3 Å². The minimum Gasteiger partial charge on any atom is -0.258 e. The number of aryl methyl sites for hydroxylation is 2. The van der Waals surface area contributed by atoms with Gasteiger partial charge < -0.3 is 0 Å². The zero-order valence-corrected chi connectivity index (χ0v) is 11.5. The third kappa shape index (κ3) is 2.00. The normalized spacial score (nSPS) is 10.8. The Hall–Kier alpha value is -2.21. The van der Waals surface area contributed by atoms with Crippen LogP contribution in [0, 0.1) is 4.77 Å². The summed E-state index contributed by atoms with van der Waals surface area (Å²) in [5, 5.41) is 8.67. The molecule has 0 saturated carbocycles. The Morgan fingerprint density at radius 1 is 1.05 bits per heavy atom. The van der Waals surface area contributed by atoms with Crippen LogP contribution >= 0.6 is 12.2 Å². The summed E-state index contributed by atoms with van der Waals surface area (Å²) in [4.78, 5) is 0. The first-order chi connectivity index (χ1) is 9.16. The van der Waals surface area contributed by atoms with Crippen molar-refractivity contribution in [2.24, 2.45) is 14.1 Å². The lowest BCUT2D eigenvalue weighted by Gasteiger charge is -1.99. The third-order valence-electron chi connectivity index (χ3n) is 2.99. The summed E-state index contributed by atoms with van der Waals surface area (Å²) >= 11 is 5.32. The van der Waals surface area contributed by atoms with Gasteiger partial charge in [-0.25, -0.2) is 4.68 Å². The molecule has 0 amide bonds. The lowest BCUT2D eigenvalue weighted by atomic mass is 10.2. The molecule has 2 aromatic heterocycles. The Bertz CT molecular complexity index is 766. The number of rotatable bonds is 2. The molecule has 0 N–H and O–H groups in total. The Morgan fingerprint density at radius 3 is 2.42 bits per heavy atom. The zero-order chi connectivity index (χ0) is 13.4. The highest BCUT2D eigenvalue weighted by Gasteiger charge is 2.10. The van der Waals surface area contributed by atoms with E-state index in [2.05, 4.69) is 10.2 Å². The van der Waals surface area contributed by atoms with Gasteiger partial charge in [-0.05, 0) is 12.2 Å². The van der Waals surface area contributed by atoms with E-state index in [-0.39, 0.29) is 0 Å². The molecule has 0 aliphatic rings. The number of aromatic nitrogens is 5. The summed E-state index contributed by atoms with van der Waals surface area (Å²) in [6.07, 6.45) is 1.70. The summed E-state index contributed by atoms with van der Waals surface area (Å²) in [7, 11) is 3.73. The monoisotopic (exact) mass is 271 g/mol. The van der Waals surface area contributed by atoms with Crippen molar-refractivity contribution in [2.75, 3.05) is 0 Å². The second-order valence-electron chi connectivity index (χ2n) is 4.28. The van der Waals surface area contributed by atoms with Crippen molar-refractivity contribution in [3.05, 3.63) is 47.5 Å². The summed E-state index contributed by atoms with van der Waals surface area (Å²) < 4.78 is 5.95. The second-order valence-corrected chi connectivity index (χ2v) is 4.65. The van der Waals surface area contributed by atoms with E-state index >= 15 is 0 Å². The minimum atomic E-state index is 0.641. The second kappa shape index (κ2) is 4.47. The van der Waals surface area contributed by atoms with Crippen molar-refractivity contribution >= 4 is 12.2 Å². The van der Waals surface area contributed by atoms with Crippen LogP contribution < -0.4 is 0 Å². The maximum Gasteiger partial charge on any atom is 0.203 e. The van der Waals surface area contributed by atoms with Gasteiger partial charge in [0.05, 0.1) is 5.69 Å². The van der Waals surface area contributed by atoms with Crippen molar-refractivity contribution in [1.29, 1.82) is 0 Å². The molecule has 3 aromatic rings. The Balaban J connectivity index is 2.13. The van der Waals surface area contributed by atoms with Crippen LogP contribution in [-0.2, 0) is 14.1 Å². The van der Waals surface area contributed by atoms with Gasteiger partial charge in [0.25, 0.3) is 0 Å². The van der Waals surface area contributed by atoms with E-state index < -0.39 is 0 Å². The number of hydrogen-bond acceptors (Lipinski definition) is 3. The van der Waals surface area contributed by atoms with Gasteiger partial charge in [-0.15, -0.1) is 0 Å². The van der Waals surface area contributed by atoms with Crippen LogP contribution in [0.25, 0.3) is 17.1 Å². The average Bonchev–Trinajstić information content (AvgIpc) is 2.96. The maximum absolute atomic E-state index is 5.32. The van der Waals surface area contributed by atoms with Crippen LogP contribution in [0.5, 0.6) is 0 Å². The summed E-state index contributed by atoms with van der Waals surface area (Å²) in [6.45, 7) is 0.